The van der Waals surface area contributed by atoms with Crippen LogP contribution in [0.5, 0.6) is 23.0 Å². The van der Waals surface area contributed by atoms with Crippen LogP contribution in [-0.2, 0) is 70.0 Å². The Morgan fingerprint density at radius 2 is 1.12 bits per heavy atom. The van der Waals surface area contributed by atoms with Crippen LogP contribution < -0.4 is 5.32 Å². The van der Waals surface area contributed by atoms with Crippen molar-refractivity contribution in [3.05, 3.63) is 83.4 Å². The van der Waals surface area contributed by atoms with Crippen LogP contribution in [0.4, 0.5) is 0 Å². The lowest BCUT2D eigenvalue weighted by molar-refractivity contribution is -0.188. The number of carbonyl (C=O) groups excluding carboxylic acids is 7. The first-order chi connectivity index (χ1) is 27.9. The van der Waals surface area contributed by atoms with E-state index in [1.54, 1.807) is 30.3 Å². The number of esters is 5. The van der Waals surface area contributed by atoms with Gasteiger partial charge >= 0.3 is 29.8 Å². The SMILES string of the molecule is CO[C@@H](C)C(=O)O[C@@H](C)C(=O)O[C@@H](COC(=O)C(Cc1ccc(O)c(O)c1)NCC(=O)c1ccccc1)C(=O)O[C@@H](COC(=O)C(C)Cc1ccc(O)c(O)c1)C(C)=O. The van der Waals surface area contributed by atoms with E-state index in [1.165, 1.54) is 57.4 Å². The van der Waals surface area contributed by atoms with Crippen LogP contribution in [0, 0.1) is 5.92 Å². The molecule has 0 bridgehead atoms. The van der Waals surface area contributed by atoms with Crippen molar-refractivity contribution < 1.29 is 82.4 Å². The van der Waals surface area contributed by atoms with Gasteiger partial charge in [0, 0.05) is 12.7 Å². The smallest absolute Gasteiger partial charge is 0.351 e. The Hall–Kier alpha value is -6.53. The maximum Gasteiger partial charge on any atom is 0.351 e. The summed E-state index contributed by atoms with van der Waals surface area (Å²) < 4.78 is 31.0. The van der Waals surface area contributed by atoms with Gasteiger partial charge in [0.2, 0.25) is 6.10 Å². The van der Waals surface area contributed by atoms with Crippen LogP contribution in [0.25, 0.3) is 0 Å². The van der Waals surface area contributed by atoms with E-state index in [0.717, 1.165) is 13.8 Å². The third-order valence-corrected chi connectivity index (χ3v) is 8.65. The fourth-order valence-electron chi connectivity index (χ4n) is 5.05. The molecule has 18 nitrogen and oxygen atoms in total. The summed E-state index contributed by atoms with van der Waals surface area (Å²) >= 11 is 0. The molecule has 3 rings (SSSR count). The average molecular weight is 826 g/mol. The number of ether oxygens (including phenoxy) is 6. The second kappa shape index (κ2) is 22.4. The zero-order valence-corrected chi connectivity index (χ0v) is 32.9. The summed E-state index contributed by atoms with van der Waals surface area (Å²) in [7, 11) is 1.23. The molecule has 0 aromatic heterocycles. The van der Waals surface area contributed by atoms with E-state index in [0.29, 0.717) is 16.7 Å². The van der Waals surface area contributed by atoms with Crippen molar-refractivity contribution in [2.24, 2.45) is 5.92 Å². The zero-order chi connectivity index (χ0) is 43.8. The Bertz CT molecular complexity index is 1970. The molecule has 0 radical (unpaired) electrons. The highest BCUT2D eigenvalue weighted by Crippen LogP contribution is 2.27. The van der Waals surface area contributed by atoms with Crippen molar-refractivity contribution >= 4 is 41.4 Å². The molecule has 0 aliphatic carbocycles. The molecule has 18 heteroatoms. The number of hydrogen-bond donors (Lipinski definition) is 5. The number of ketones is 2. The minimum Gasteiger partial charge on any atom is -0.504 e. The fraction of sp³-hybridized carbons (Fsp3) is 0.390. The minimum atomic E-state index is -2.09. The molecule has 0 saturated heterocycles. The summed E-state index contributed by atoms with van der Waals surface area (Å²) in [5.74, 6) is -9.23. The Morgan fingerprint density at radius 1 is 0.593 bits per heavy atom. The normalized spacial score (nSPS) is 14.0. The van der Waals surface area contributed by atoms with Crippen LogP contribution in [-0.4, -0.2) is 119 Å². The lowest BCUT2D eigenvalue weighted by atomic mass is 10.0. The molecular weight excluding hydrogens is 778 g/mol. The maximum absolute atomic E-state index is 13.6. The van der Waals surface area contributed by atoms with E-state index in [2.05, 4.69) is 5.32 Å². The summed E-state index contributed by atoms with van der Waals surface area (Å²) in [4.78, 5) is 90.6. The van der Waals surface area contributed by atoms with Gasteiger partial charge in [-0.25, -0.2) is 14.4 Å². The molecule has 0 heterocycles. The second-order valence-corrected chi connectivity index (χ2v) is 13.4. The summed E-state index contributed by atoms with van der Waals surface area (Å²) in [5.41, 5.74) is 1.13. The molecule has 0 aliphatic rings. The lowest BCUT2D eigenvalue weighted by Crippen LogP contribution is -2.45. The highest BCUT2D eigenvalue weighted by molar-refractivity contribution is 5.98. The largest absolute Gasteiger partial charge is 0.504 e. The molecule has 5 N–H and O–H groups in total. The summed E-state index contributed by atoms with van der Waals surface area (Å²) in [5, 5.41) is 41.9. The molecule has 318 valence electrons. The van der Waals surface area contributed by atoms with Crippen molar-refractivity contribution in [1.82, 2.24) is 5.32 Å². The standard InChI is InChI=1S/C41H47NO17/c1-22(15-26-11-13-30(44)32(46)17-26)37(49)55-20-35(23(2)43)58-41(53)36(59-39(51)25(4)57-38(50)24(3)54-5)21-56-40(52)29(16-27-12-14-31(45)33(47)18-27)42-19-34(48)28-9-7-6-8-10-28/h6-14,17-18,22,24-25,29,35-36,42,44-47H,15-16,19-21H2,1-5H3/t22?,24-,25-,29?,35-,36-/m0/s1. The van der Waals surface area contributed by atoms with Crippen molar-refractivity contribution in [3.8, 4) is 23.0 Å². The molecule has 2 unspecified atom stereocenters. The number of phenols is 4. The van der Waals surface area contributed by atoms with Gasteiger partial charge in [-0.2, -0.15) is 0 Å². The van der Waals surface area contributed by atoms with Crippen molar-refractivity contribution in [1.29, 1.82) is 0 Å². The lowest BCUT2D eigenvalue weighted by Gasteiger charge is -2.23. The number of benzene rings is 3. The molecule has 0 fully saturated rings. The van der Waals surface area contributed by atoms with Crippen molar-refractivity contribution in [2.45, 2.75) is 71.0 Å². The Kier molecular flexibility index (Phi) is 17.8. The Labute approximate surface area is 338 Å². The monoisotopic (exact) mass is 825 g/mol. The topological polar surface area (TPSA) is 268 Å². The molecule has 0 amide bonds. The van der Waals surface area contributed by atoms with Gasteiger partial charge in [-0.05, 0) is 69.0 Å². The second-order valence-electron chi connectivity index (χ2n) is 13.4. The van der Waals surface area contributed by atoms with E-state index >= 15 is 0 Å². The number of methoxy groups -OCH3 is 1. The molecule has 59 heavy (non-hydrogen) atoms. The average Bonchev–Trinajstić information content (AvgIpc) is 3.21. The van der Waals surface area contributed by atoms with Crippen LogP contribution in [0.1, 0.15) is 49.2 Å². The maximum atomic E-state index is 13.6. The van der Waals surface area contributed by atoms with Gasteiger partial charge in [0.1, 0.15) is 19.3 Å². The molecule has 6 atom stereocenters. The van der Waals surface area contributed by atoms with Gasteiger partial charge in [0.15, 0.2) is 52.9 Å². The number of Topliss-reactive ketones (excluding diaryl/α,β-unsaturated/α-hetero) is 2. The van der Waals surface area contributed by atoms with Gasteiger partial charge in [-0.3, -0.25) is 24.5 Å². The summed E-state index contributed by atoms with van der Waals surface area (Å²) in [6.07, 6.45) is -6.65. The number of phenolic OH excluding ortho intramolecular Hbond substituents is 4. The Balaban J connectivity index is 1.79. The number of aromatic hydroxyl groups is 4. The van der Waals surface area contributed by atoms with Gasteiger partial charge in [-0.15, -0.1) is 0 Å². The Morgan fingerprint density at radius 3 is 1.68 bits per heavy atom. The highest BCUT2D eigenvalue weighted by Gasteiger charge is 2.35. The van der Waals surface area contributed by atoms with E-state index in [4.69, 9.17) is 28.4 Å². The number of rotatable bonds is 22. The predicted molar refractivity (Wildman–Crippen MR) is 203 cm³/mol. The fourth-order valence-corrected chi connectivity index (χ4v) is 5.05. The van der Waals surface area contributed by atoms with Crippen molar-refractivity contribution in [2.75, 3.05) is 26.9 Å². The number of carbonyl (C=O) groups is 7. The van der Waals surface area contributed by atoms with Gasteiger partial charge in [0.25, 0.3) is 0 Å². The summed E-state index contributed by atoms with van der Waals surface area (Å²) in [6, 6.07) is 14.5. The quantitative estimate of drug-likeness (QED) is 0.0421. The molecule has 0 spiro atoms. The van der Waals surface area contributed by atoms with E-state index in [1.807, 2.05) is 0 Å². The van der Waals surface area contributed by atoms with Crippen LogP contribution in [0.15, 0.2) is 66.7 Å². The first-order valence-electron chi connectivity index (χ1n) is 18.2. The number of nitrogens with one attached hydrogen (secondary N) is 1. The third kappa shape index (κ3) is 14.7. The van der Waals surface area contributed by atoms with Crippen LogP contribution in [0.3, 0.4) is 0 Å². The molecular formula is C41H47NO17. The van der Waals surface area contributed by atoms with E-state index < -0.39 is 108 Å². The van der Waals surface area contributed by atoms with Crippen LogP contribution in [0.2, 0.25) is 0 Å². The van der Waals surface area contributed by atoms with Crippen LogP contribution >= 0.6 is 0 Å². The summed E-state index contributed by atoms with van der Waals surface area (Å²) in [6.45, 7) is 2.85. The van der Waals surface area contributed by atoms with E-state index in [-0.39, 0.29) is 25.1 Å². The first-order valence-corrected chi connectivity index (χ1v) is 18.2. The number of hydrogen-bond acceptors (Lipinski definition) is 18. The van der Waals surface area contributed by atoms with Gasteiger partial charge in [0.05, 0.1) is 12.5 Å². The van der Waals surface area contributed by atoms with Gasteiger partial charge in [-0.1, -0.05) is 49.4 Å². The zero-order valence-electron chi connectivity index (χ0n) is 32.9. The third-order valence-electron chi connectivity index (χ3n) is 8.65. The van der Waals surface area contributed by atoms with E-state index in [9.17, 15) is 54.0 Å². The molecule has 3 aromatic carbocycles. The first kappa shape index (κ1) is 46.8. The van der Waals surface area contributed by atoms with Gasteiger partial charge < -0.3 is 48.8 Å². The van der Waals surface area contributed by atoms with Crippen molar-refractivity contribution in [3.63, 3.8) is 0 Å². The highest BCUT2D eigenvalue weighted by atomic mass is 16.6. The molecule has 3 aromatic rings. The predicted octanol–water partition coefficient (Wildman–Crippen LogP) is 2.24. The molecule has 0 saturated carbocycles. The molecule has 0 aliphatic heterocycles. The minimum absolute atomic E-state index is 0.0662.